The van der Waals surface area contributed by atoms with Crippen LogP contribution in [-0.4, -0.2) is 40.0 Å². The molecule has 0 unspecified atom stereocenters. The quantitative estimate of drug-likeness (QED) is 0.494. The third-order valence-corrected chi connectivity index (χ3v) is 2.04. The Morgan fingerprint density at radius 3 is 3.23 bits per heavy atom. The average Bonchev–Trinajstić information content (AvgIpc) is 2.19. The van der Waals surface area contributed by atoms with Crippen LogP contribution in [0.15, 0.2) is 11.6 Å². The summed E-state index contributed by atoms with van der Waals surface area (Å²) in [6.45, 7) is 4.50. The summed E-state index contributed by atoms with van der Waals surface area (Å²) in [5, 5.41) is 3.36. The second-order valence-electron chi connectivity index (χ2n) is 3.23. The molecule has 0 aliphatic carbocycles. The number of methoxy groups -OCH3 is 1. The fraction of sp³-hybridized carbons (Fsp3) is 0.800. The SMILES string of the molecule is COCCCNCC1=CCCOC1. The van der Waals surface area contributed by atoms with Gasteiger partial charge in [-0.25, -0.2) is 0 Å². The lowest BCUT2D eigenvalue weighted by atomic mass is 10.2. The van der Waals surface area contributed by atoms with E-state index in [9.17, 15) is 0 Å². The zero-order chi connectivity index (χ0) is 9.36. The average molecular weight is 185 g/mol. The van der Waals surface area contributed by atoms with Crippen molar-refractivity contribution in [3.63, 3.8) is 0 Å². The Hall–Kier alpha value is -0.380. The normalized spacial score (nSPS) is 17.2. The highest BCUT2D eigenvalue weighted by Crippen LogP contribution is 2.03. The fourth-order valence-electron chi connectivity index (χ4n) is 1.32. The lowest BCUT2D eigenvalue weighted by Gasteiger charge is -2.13. The molecule has 1 N–H and O–H groups in total. The van der Waals surface area contributed by atoms with Crippen LogP contribution in [-0.2, 0) is 9.47 Å². The lowest BCUT2D eigenvalue weighted by Crippen LogP contribution is -2.22. The van der Waals surface area contributed by atoms with Crippen molar-refractivity contribution in [2.45, 2.75) is 12.8 Å². The molecule has 76 valence electrons. The van der Waals surface area contributed by atoms with E-state index in [2.05, 4.69) is 11.4 Å². The molecule has 3 nitrogen and oxygen atoms in total. The van der Waals surface area contributed by atoms with E-state index in [1.54, 1.807) is 7.11 Å². The van der Waals surface area contributed by atoms with Crippen molar-refractivity contribution in [1.29, 1.82) is 0 Å². The van der Waals surface area contributed by atoms with Crippen LogP contribution in [0, 0.1) is 0 Å². The zero-order valence-electron chi connectivity index (χ0n) is 8.34. The number of hydrogen-bond donors (Lipinski definition) is 1. The first kappa shape index (κ1) is 10.7. The van der Waals surface area contributed by atoms with Crippen molar-refractivity contribution in [3.05, 3.63) is 11.6 Å². The van der Waals surface area contributed by atoms with E-state index in [4.69, 9.17) is 9.47 Å². The maximum Gasteiger partial charge on any atom is 0.0689 e. The molecule has 0 radical (unpaired) electrons. The highest BCUT2D eigenvalue weighted by Gasteiger charge is 2.01. The van der Waals surface area contributed by atoms with Gasteiger partial charge in [0.25, 0.3) is 0 Å². The molecule has 0 atom stereocenters. The van der Waals surface area contributed by atoms with Crippen LogP contribution in [0.2, 0.25) is 0 Å². The Labute approximate surface area is 80.1 Å². The molecule has 1 aliphatic rings. The van der Waals surface area contributed by atoms with E-state index in [0.29, 0.717) is 0 Å². The van der Waals surface area contributed by atoms with Crippen LogP contribution in [0.5, 0.6) is 0 Å². The first-order chi connectivity index (χ1) is 6.43. The minimum absolute atomic E-state index is 0.803. The summed E-state index contributed by atoms with van der Waals surface area (Å²) < 4.78 is 10.3. The second kappa shape index (κ2) is 7.06. The molecule has 0 saturated carbocycles. The Kier molecular flexibility index (Phi) is 5.81. The van der Waals surface area contributed by atoms with Crippen LogP contribution in [0.25, 0.3) is 0 Å². The van der Waals surface area contributed by atoms with Gasteiger partial charge in [0, 0.05) is 20.3 Å². The van der Waals surface area contributed by atoms with Crippen LogP contribution >= 0.6 is 0 Å². The molecular formula is C10H19NO2. The van der Waals surface area contributed by atoms with Gasteiger partial charge in [-0.05, 0) is 25.0 Å². The summed E-state index contributed by atoms with van der Waals surface area (Å²) in [5.41, 5.74) is 1.38. The molecular weight excluding hydrogens is 166 g/mol. The first-order valence-corrected chi connectivity index (χ1v) is 4.89. The standard InChI is InChI=1S/C10H19NO2/c1-12-6-3-5-11-8-10-4-2-7-13-9-10/h4,11H,2-3,5-9H2,1H3. The monoisotopic (exact) mass is 185 g/mol. The molecule has 0 bridgehead atoms. The van der Waals surface area contributed by atoms with E-state index in [1.165, 1.54) is 5.57 Å². The maximum atomic E-state index is 5.33. The van der Waals surface area contributed by atoms with Crippen molar-refractivity contribution in [2.24, 2.45) is 0 Å². The van der Waals surface area contributed by atoms with Crippen LogP contribution in [0.1, 0.15) is 12.8 Å². The van der Waals surface area contributed by atoms with E-state index in [1.807, 2.05) is 0 Å². The summed E-state index contributed by atoms with van der Waals surface area (Å²) in [7, 11) is 1.73. The Bertz CT molecular complexity index is 157. The van der Waals surface area contributed by atoms with Crippen molar-refractivity contribution >= 4 is 0 Å². The molecule has 0 aromatic rings. The van der Waals surface area contributed by atoms with E-state index >= 15 is 0 Å². The van der Waals surface area contributed by atoms with Crippen LogP contribution in [0.3, 0.4) is 0 Å². The summed E-state index contributed by atoms with van der Waals surface area (Å²) in [5.74, 6) is 0. The molecule has 0 spiro atoms. The van der Waals surface area contributed by atoms with Gasteiger partial charge >= 0.3 is 0 Å². The Morgan fingerprint density at radius 1 is 1.62 bits per heavy atom. The van der Waals surface area contributed by atoms with E-state index in [-0.39, 0.29) is 0 Å². The highest BCUT2D eigenvalue weighted by molar-refractivity contribution is 5.06. The molecule has 0 saturated heterocycles. The lowest BCUT2D eigenvalue weighted by molar-refractivity contribution is 0.148. The smallest absolute Gasteiger partial charge is 0.0689 e. The second-order valence-corrected chi connectivity index (χ2v) is 3.23. The summed E-state index contributed by atoms with van der Waals surface area (Å²) >= 11 is 0. The molecule has 1 aliphatic heterocycles. The van der Waals surface area contributed by atoms with Gasteiger partial charge in [-0.15, -0.1) is 0 Å². The Morgan fingerprint density at radius 2 is 2.54 bits per heavy atom. The summed E-state index contributed by atoms with van der Waals surface area (Å²) in [4.78, 5) is 0. The molecule has 0 aromatic heterocycles. The minimum atomic E-state index is 0.803. The van der Waals surface area contributed by atoms with E-state index < -0.39 is 0 Å². The predicted octanol–water partition coefficient (Wildman–Crippen LogP) is 0.959. The Balaban J connectivity index is 1.95. The van der Waals surface area contributed by atoms with Gasteiger partial charge in [0.2, 0.25) is 0 Å². The molecule has 0 aromatic carbocycles. The largest absolute Gasteiger partial charge is 0.385 e. The number of nitrogens with one attached hydrogen (secondary N) is 1. The maximum absolute atomic E-state index is 5.33. The van der Waals surface area contributed by atoms with E-state index in [0.717, 1.165) is 45.8 Å². The van der Waals surface area contributed by atoms with Gasteiger partial charge in [0.15, 0.2) is 0 Å². The topological polar surface area (TPSA) is 30.5 Å². The molecule has 3 heteroatoms. The minimum Gasteiger partial charge on any atom is -0.385 e. The van der Waals surface area contributed by atoms with Crippen LogP contribution < -0.4 is 5.32 Å². The molecule has 1 rings (SSSR count). The molecule has 13 heavy (non-hydrogen) atoms. The van der Waals surface area contributed by atoms with Gasteiger partial charge in [-0.2, -0.15) is 0 Å². The predicted molar refractivity (Wildman–Crippen MR) is 52.9 cm³/mol. The molecule has 1 heterocycles. The molecule has 0 fully saturated rings. The van der Waals surface area contributed by atoms with Crippen molar-refractivity contribution in [2.75, 3.05) is 40.0 Å². The fourth-order valence-corrected chi connectivity index (χ4v) is 1.32. The zero-order valence-corrected chi connectivity index (χ0v) is 8.34. The van der Waals surface area contributed by atoms with Crippen molar-refractivity contribution in [1.82, 2.24) is 5.32 Å². The van der Waals surface area contributed by atoms with Gasteiger partial charge in [-0.3, -0.25) is 0 Å². The van der Waals surface area contributed by atoms with Gasteiger partial charge in [0.05, 0.1) is 13.2 Å². The number of ether oxygens (including phenoxy) is 2. The first-order valence-electron chi connectivity index (χ1n) is 4.89. The van der Waals surface area contributed by atoms with Gasteiger partial charge in [-0.1, -0.05) is 6.08 Å². The molecule has 0 amide bonds. The van der Waals surface area contributed by atoms with Crippen molar-refractivity contribution < 1.29 is 9.47 Å². The van der Waals surface area contributed by atoms with Crippen molar-refractivity contribution in [3.8, 4) is 0 Å². The third-order valence-electron chi connectivity index (χ3n) is 2.04. The summed E-state index contributed by atoms with van der Waals surface area (Å²) in [6, 6.07) is 0. The van der Waals surface area contributed by atoms with Gasteiger partial charge < -0.3 is 14.8 Å². The number of rotatable bonds is 6. The summed E-state index contributed by atoms with van der Waals surface area (Å²) in [6.07, 6.45) is 4.41. The third kappa shape index (κ3) is 5.03. The highest BCUT2D eigenvalue weighted by atomic mass is 16.5. The number of hydrogen-bond acceptors (Lipinski definition) is 3. The van der Waals surface area contributed by atoms with Gasteiger partial charge in [0.1, 0.15) is 0 Å². The van der Waals surface area contributed by atoms with Crippen LogP contribution in [0.4, 0.5) is 0 Å².